The lowest BCUT2D eigenvalue weighted by molar-refractivity contribution is -0.140. The van der Waals surface area contributed by atoms with Crippen molar-refractivity contribution in [1.29, 1.82) is 0 Å². The molecule has 0 aliphatic heterocycles. The van der Waals surface area contributed by atoms with Crippen LogP contribution in [0.5, 0.6) is 5.75 Å². The molecule has 0 saturated heterocycles. The fourth-order valence-electron chi connectivity index (χ4n) is 2.58. The molecule has 0 atom stereocenters. The Balaban J connectivity index is 1.68. The van der Waals surface area contributed by atoms with Gasteiger partial charge in [0.05, 0.1) is 18.6 Å². The third kappa shape index (κ3) is 4.72. The molecule has 1 amide bonds. The van der Waals surface area contributed by atoms with E-state index in [4.69, 9.17) is 9.84 Å². The van der Waals surface area contributed by atoms with Crippen LogP contribution in [0.1, 0.15) is 38.5 Å². The quantitative estimate of drug-likeness (QED) is 0.723. The number of carboxylic acids is 1. The Kier molecular flexibility index (Phi) is 5.35. The molecule has 0 aromatic heterocycles. The number of hydrogen-bond acceptors (Lipinski definition) is 3. The van der Waals surface area contributed by atoms with Gasteiger partial charge in [0.1, 0.15) is 11.6 Å². The van der Waals surface area contributed by atoms with E-state index in [0.717, 1.165) is 6.42 Å². The third-order valence-electron chi connectivity index (χ3n) is 3.82. The zero-order chi connectivity index (χ0) is 16.0. The molecular weight excluding hydrogens is 289 g/mol. The number of carbonyl (C=O) groups is 2. The van der Waals surface area contributed by atoms with Gasteiger partial charge in [0, 0.05) is 12.5 Å². The molecule has 6 heteroatoms. The van der Waals surface area contributed by atoms with E-state index in [2.05, 4.69) is 5.32 Å². The highest BCUT2D eigenvalue weighted by atomic mass is 19.1. The summed E-state index contributed by atoms with van der Waals surface area (Å²) in [4.78, 5) is 22.7. The summed E-state index contributed by atoms with van der Waals surface area (Å²) in [5.74, 6) is -0.990. The molecule has 1 aromatic rings. The Morgan fingerprint density at radius 2 is 2.14 bits per heavy atom. The number of benzene rings is 1. The van der Waals surface area contributed by atoms with Crippen LogP contribution in [0, 0.1) is 5.82 Å². The molecule has 1 aliphatic carbocycles. The van der Waals surface area contributed by atoms with Crippen LogP contribution in [-0.2, 0) is 9.59 Å². The Labute approximate surface area is 128 Å². The van der Waals surface area contributed by atoms with Gasteiger partial charge >= 0.3 is 5.97 Å². The van der Waals surface area contributed by atoms with E-state index in [1.54, 1.807) is 12.1 Å². The van der Waals surface area contributed by atoms with Crippen molar-refractivity contribution in [2.45, 2.75) is 44.1 Å². The summed E-state index contributed by atoms with van der Waals surface area (Å²) in [5, 5.41) is 11.7. The van der Waals surface area contributed by atoms with Gasteiger partial charge in [0.15, 0.2) is 0 Å². The van der Waals surface area contributed by atoms with Gasteiger partial charge in [-0.1, -0.05) is 6.07 Å². The molecule has 0 spiro atoms. The van der Waals surface area contributed by atoms with Crippen LogP contribution in [0.2, 0.25) is 0 Å². The predicted molar refractivity (Wildman–Crippen MR) is 78.1 cm³/mol. The van der Waals surface area contributed by atoms with Crippen LogP contribution in [0.25, 0.3) is 0 Å². The van der Waals surface area contributed by atoms with E-state index < -0.39 is 11.5 Å². The Hall–Kier alpha value is -2.11. The van der Waals surface area contributed by atoms with Gasteiger partial charge in [-0.05, 0) is 37.8 Å². The number of carbonyl (C=O) groups excluding carboxylic acids is 1. The molecule has 2 N–H and O–H groups in total. The molecule has 1 aromatic carbocycles. The topological polar surface area (TPSA) is 75.6 Å². The lowest BCUT2D eigenvalue weighted by atomic mass is 9.74. The van der Waals surface area contributed by atoms with Crippen LogP contribution in [0.3, 0.4) is 0 Å². The van der Waals surface area contributed by atoms with E-state index in [1.807, 2.05) is 0 Å². The normalized spacial score (nSPS) is 15.7. The molecule has 1 fully saturated rings. The first-order chi connectivity index (χ1) is 10.5. The zero-order valence-corrected chi connectivity index (χ0v) is 12.3. The molecular formula is C16H20FNO4. The average molecular weight is 309 g/mol. The number of aliphatic carboxylic acids is 1. The minimum Gasteiger partial charge on any atom is -0.493 e. The van der Waals surface area contributed by atoms with Crippen molar-refractivity contribution in [1.82, 2.24) is 5.32 Å². The van der Waals surface area contributed by atoms with Crippen molar-refractivity contribution in [3.8, 4) is 5.75 Å². The number of nitrogens with one attached hydrogen (secondary N) is 1. The summed E-state index contributed by atoms with van der Waals surface area (Å²) in [6.45, 7) is 0.308. The van der Waals surface area contributed by atoms with Crippen molar-refractivity contribution in [3.63, 3.8) is 0 Å². The number of ether oxygens (including phenoxy) is 1. The van der Waals surface area contributed by atoms with Gasteiger partial charge < -0.3 is 15.2 Å². The number of rotatable bonds is 8. The summed E-state index contributed by atoms with van der Waals surface area (Å²) in [6, 6.07) is 5.83. The molecule has 0 radical (unpaired) electrons. The molecule has 2 rings (SSSR count). The van der Waals surface area contributed by atoms with Crippen molar-refractivity contribution in [3.05, 3.63) is 30.1 Å². The maximum atomic E-state index is 12.9. The second kappa shape index (κ2) is 7.24. The second-order valence-electron chi connectivity index (χ2n) is 5.66. The highest BCUT2D eigenvalue weighted by Gasteiger charge is 2.40. The fourth-order valence-corrected chi connectivity index (χ4v) is 2.58. The highest BCUT2D eigenvalue weighted by Crippen LogP contribution is 2.35. The second-order valence-corrected chi connectivity index (χ2v) is 5.66. The summed E-state index contributed by atoms with van der Waals surface area (Å²) in [5.41, 5.74) is -0.563. The van der Waals surface area contributed by atoms with Gasteiger partial charge in [-0.2, -0.15) is 0 Å². The minimum absolute atomic E-state index is 0.0292. The molecule has 1 aliphatic rings. The first kappa shape index (κ1) is 16.3. The standard InChI is InChI=1S/C16H20FNO4/c17-12-4-1-5-13(10-12)22-9-2-6-14(19)18-16(7-3-8-16)11-15(20)21/h1,4-5,10H,2-3,6-9,11H2,(H,18,19)(H,20,21). The molecule has 1 saturated carbocycles. The summed E-state index contributed by atoms with van der Waals surface area (Å²) in [6.07, 6.45) is 3.09. The van der Waals surface area contributed by atoms with Gasteiger partial charge in [0.25, 0.3) is 0 Å². The summed E-state index contributed by atoms with van der Waals surface area (Å²) < 4.78 is 18.3. The molecule has 0 heterocycles. The third-order valence-corrected chi connectivity index (χ3v) is 3.82. The summed E-state index contributed by atoms with van der Waals surface area (Å²) >= 11 is 0. The van der Waals surface area contributed by atoms with Crippen LogP contribution >= 0.6 is 0 Å². The molecule has 0 bridgehead atoms. The molecule has 0 unspecified atom stereocenters. The van der Waals surface area contributed by atoms with Crippen molar-refractivity contribution in [2.24, 2.45) is 0 Å². The highest BCUT2D eigenvalue weighted by molar-refractivity contribution is 5.78. The molecule has 120 valence electrons. The Morgan fingerprint density at radius 3 is 2.73 bits per heavy atom. The number of hydrogen-bond donors (Lipinski definition) is 2. The largest absolute Gasteiger partial charge is 0.493 e. The van der Waals surface area contributed by atoms with E-state index in [0.29, 0.717) is 31.6 Å². The van der Waals surface area contributed by atoms with Crippen LogP contribution in [0.4, 0.5) is 4.39 Å². The zero-order valence-electron chi connectivity index (χ0n) is 12.3. The predicted octanol–water partition coefficient (Wildman–Crippen LogP) is 2.50. The van der Waals surface area contributed by atoms with Gasteiger partial charge in [0.2, 0.25) is 5.91 Å². The van der Waals surface area contributed by atoms with Gasteiger partial charge in [-0.15, -0.1) is 0 Å². The first-order valence-corrected chi connectivity index (χ1v) is 7.40. The maximum absolute atomic E-state index is 12.9. The van der Waals surface area contributed by atoms with Gasteiger partial charge in [-0.3, -0.25) is 9.59 Å². The average Bonchev–Trinajstić information content (AvgIpc) is 2.41. The van der Waals surface area contributed by atoms with Crippen molar-refractivity contribution >= 4 is 11.9 Å². The van der Waals surface area contributed by atoms with Crippen molar-refractivity contribution in [2.75, 3.05) is 6.61 Å². The first-order valence-electron chi connectivity index (χ1n) is 7.40. The lowest BCUT2D eigenvalue weighted by Gasteiger charge is -2.41. The van der Waals surface area contributed by atoms with Gasteiger partial charge in [-0.25, -0.2) is 4.39 Å². The number of amides is 1. The van der Waals surface area contributed by atoms with E-state index >= 15 is 0 Å². The van der Waals surface area contributed by atoms with E-state index in [9.17, 15) is 14.0 Å². The number of carboxylic acid groups (broad SMARTS) is 1. The maximum Gasteiger partial charge on any atom is 0.305 e. The Bertz CT molecular complexity index is 543. The fraction of sp³-hybridized carbons (Fsp3) is 0.500. The van der Waals surface area contributed by atoms with Crippen LogP contribution in [-0.4, -0.2) is 29.1 Å². The van der Waals surface area contributed by atoms with E-state index in [-0.39, 0.29) is 24.6 Å². The number of halogens is 1. The monoisotopic (exact) mass is 309 g/mol. The Morgan fingerprint density at radius 1 is 1.36 bits per heavy atom. The minimum atomic E-state index is -0.894. The molecule has 22 heavy (non-hydrogen) atoms. The lowest BCUT2D eigenvalue weighted by Crippen LogP contribution is -2.54. The summed E-state index contributed by atoms with van der Waals surface area (Å²) in [7, 11) is 0. The van der Waals surface area contributed by atoms with Crippen LogP contribution in [0.15, 0.2) is 24.3 Å². The van der Waals surface area contributed by atoms with E-state index in [1.165, 1.54) is 12.1 Å². The van der Waals surface area contributed by atoms with Crippen LogP contribution < -0.4 is 10.1 Å². The smallest absolute Gasteiger partial charge is 0.305 e. The van der Waals surface area contributed by atoms with Crippen molar-refractivity contribution < 1.29 is 23.8 Å². The molecule has 5 nitrogen and oxygen atoms in total. The SMILES string of the molecule is O=C(O)CC1(NC(=O)CCCOc2cccc(F)c2)CCC1.